The van der Waals surface area contributed by atoms with E-state index in [-0.39, 0.29) is 11.0 Å². The molecule has 4 heteroatoms. The minimum atomic E-state index is -0.153. The lowest BCUT2D eigenvalue weighted by Crippen LogP contribution is -2.14. The van der Waals surface area contributed by atoms with E-state index in [1.807, 2.05) is 48.0 Å². The maximum atomic E-state index is 12.7. The number of hydrogen-bond acceptors (Lipinski definition) is 3. The molecule has 0 spiro atoms. The molecular weight excluding hydrogens is 304 g/mol. The molecule has 116 valence electrons. The zero-order valence-corrected chi connectivity index (χ0v) is 13.8. The number of imidazole rings is 1. The van der Waals surface area contributed by atoms with E-state index in [1.54, 1.807) is 0 Å². The van der Waals surface area contributed by atoms with E-state index in [4.69, 9.17) is 0 Å². The van der Waals surface area contributed by atoms with Gasteiger partial charge in [-0.2, -0.15) is 0 Å². The average Bonchev–Trinajstić information content (AvgIpc) is 3.20. The molecule has 1 aliphatic carbocycles. The molecule has 0 saturated carbocycles. The topological polar surface area (TPSA) is 34.4 Å². The molecular formula is C19H18N2OS. The number of fused-ring (bicyclic) bond motifs is 2. The van der Waals surface area contributed by atoms with Crippen LogP contribution in [0.25, 0.3) is 5.52 Å². The molecule has 1 aliphatic rings. The smallest absolute Gasteiger partial charge is 0.176 e. The second-order valence-corrected chi connectivity index (χ2v) is 7.31. The fourth-order valence-corrected chi connectivity index (χ4v) is 4.13. The summed E-state index contributed by atoms with van der Waals surface area (Å²) in [7, 11) is 0. The summed E-state index contributed by atoms with van der Waals surface area (Å²) in [4.78, 5) is 17.2. The highest BCUT2D eigenvalue weighted by Crippen LogP contribution is 2.28. The van der Waals surface area contributed by atoms with Gasteiger partial charge in [0.05, 0.1) is 17.0 Å². The van der Waals surface area contributed by atoms with Gasteiger partial charge in [0.25, 0.3) is 0 Å². The first-order valence-corrected chi connectivity index (χ1v) is 8.85. The summed E-state index contributed by atoms with van der Waals surface area (Å²) in [5.41, 5.74) is 4.62. The van der Waals surface area contributed by atoms with Gasteiger partial charge in [-0.25, -0.2) is 4.98 Å². The Balaban J connectivity index is 1.56. The molecule has 3 nitrogen and oxygen atoms in total. The number of carbonyl (C=O) groups is 1. The van der Waals surface area contributed by atoms with Crippen LogP contribution in [0.2, 0.25) is 0 Å². The predicted molar refractivity (Wildman–Crippen MR) is 93.3 cm³/mol. The van der Waals surface area contributed by atoms with Gasteiger partial charge in [0.15, 0.2) is 10.9 Å². The van der Waals surface area contributed by atoms with Gasteiger partial charge in [-0.1, -0.05) is 30.0 Å². The molecule has 0 saturated heterocycles. The molecule has 4 rings (SSSR count). The number of thioether (sulfide) groups is 1. The molecule has 0 bridgehead atoms. The summed E-state index contributed by atoms with van der Waals surface area (Å²) in [6.07, 6.45) is 7.28. The van der Waals surface area contributed by atoms with Gasteiger partial charge >= 0.3 is 0 Å². The summed E-state index contributed by atoms with van der Waals surface area (Å²) in [6.45, 7) is 1.96. The van der Waals surface area contributed by atoms with E-state index >= 15 is 0 Å². The van der Waals surface area contributed by atoms with Crippen LogP contribution in [-0.4, -0.2) is 20.4 Å². The molecule has 1 aromatic carbocycles. The highest BCUT2D eigenvalue weighted by molar-refractivity contribution is 8.00. The van der Waals surface area contributed by atoms with Crippen LogP contribution in [-0.2, 0) is 12.8 Å². The molecule has 0 unspecified atom stereocenters. The normalized spacial score (nSPS) is 14.8. The fraction of sp³-hybridized carbons (Fsp3) is 0.263. The minimum Gasteiger partial charge on any atom is -0.295 e. The Labute approximate surface area is 139 Å². The summed E-state index contributed by atoms with van der Waals surface area (Å²) >= 11 is 1.52. The number of aromatic nitrogens is 2. The van der Waals surface area contributed by atoms with Crippen LogP contribution in [0, 0.1) is 0 Å². The quantitative estimate of drug-likeness (QED) is 0.534. The second-order valence-electron chi connectivity index (χ2n) is 6.00. The third kappa shape index (κ3) is 2.68. The second kappa shape index (κ2) is 5.85. The van der Waals surface area contributed by atoms with E-state index in [1.165, 1.54) is 29.3 Å². The molecule has 0 fully saturated rings. The highest BCUT2D eigenvalue weighted by atomic mass is 32.2. The van der Waals surface area contributed by atoms with Gasteiger partial charge in [-0.15, -0.1) is 0 Å². The number of nitrogens with zero attached hydrogens (tertiary/aromatic N) is 2. The van der Waals surface area contributed by atoms with Crippen molar-refractivity contribution >= 4 is 23.1 Å². The molecule has 0 radical (unpaired) electrons. The first kappa shape index (κ1) is 14.5. The van der Waals surface area contributed by atoms with E-state index in [0.29, 0.717) is 0 Å². The Kier molecular flexibility index (Phi) is 3.69. The fourth-order valence-electron chi connectivity index (χ4n) is 3.18. The number of hydrogen-bond donors (Lipinski definition) is 0. The Bertz CT molecular complexity index is 884. The van der Waals surface area contributed by atoms with Crippen molar-refractivity contribution in [2.45, 2.75) is 36.6 Å². The van der Waals surface area contributed by atoms with Crippen LogP contribution in [0.1, 0.15) is 34.8 Å². The summed E-state index contributed by atoms with van der Waals surface area (Å²) < 4.78 is 2.02. The van der Waals surface area contributed by atoms with E-state index in [9.17, 15) is 4.79 Å². The summed E-state index contributed by atoms with van der Waals surface area (Å²) in [5, 5.41) is 0.711. The average molecular weight is 322 g/mol. The maximum Gasteiger partial charge on any atom is 0.176 e. The van der Waals surface area contributed by atoms with Gasteiger partial charge in [-0.05, 0) is 55.5 Å². The number of Topliss-reactive ketones (excluding diaryl/α,β-unsaturated/α-hetero) is 1. The van der Waals surface area contributed by atoms with Crippen LogP contribution in [0.3, 0.4) is 0 Å². The lowest BCUT2D eigenvalue weighted by molar-refractivity contribution is 0.0994. The molecule has 23 heavy (non-hydrogen) atoms. The standard InChI is InChI=1S/C19H18N2OS/c1-13(23-19-20-12-17-7-2-3-10-21(17)19)18(22)16-9-8-14-5-4-6-15(14)11-16/h2-3,7-13H,4-6H2,1H3/t13-/m1/s1. The van der Waals surface area contributed by atoms with Crippen molar-refractivity contribution in [2.75, 3.05) is 0 Å². The minimum absolute atomic E-state index is 0.153. The van der Waals surface area contributed by atoms with Crippen LogP contribution in [0.15, 0.2) is 53.9 Å². The number of pyridine rings is 1. The number of rotatable bonds is 4. The lowest BCUT2D eigenvalue weighted by Gasteiger charge is -2.11. The van der Waals surface area contributed by atoms with Gasteiger partial charge in [-0.3, -0.25) is 9.20 Å². The Morgan fingerprint density at radius 2 is 2.09 bits per heavy atom. The monoisotopic (exact) mass is 322 g/mol. The van der Waals surface area contributed by atoms with Gasteiger partial charge in [0.1, 0.15) is 0 Å². The number of ketones is 1. The summed E-state index contributed by atoms with van der Waals surface area (Å²) in [5.74, 6) is 0.178. The van der Waals surface area contributed by atoms with E-state index in [2.05, 4.69) is 17.1 Å². The van der Waals surface area contributed by atoms with Gasteiger partial charge in [0, 0.05) is 11.8 Å². The van der Waals surface area contributed by atoms with Crippen LogP contribution < -0.4 is 0 Å². The summed E-state index contributed by atoms with van der Waals surface area (Å²) in [6, 6.07) is 12.2. The largest absolute Gasteiger partial charge is 0.295 e. The number of benzene rings is 1. The molecule has 2 heterocycles. The van der Waals surface area contributed by atoms with Gasteiger partial charge in [0.2, 0.25) is 0 Å². The number of aryl methyl sites for hydroxylation is 2. The Morgan fingerprint density at radius 1 is 1.22 bits per heavy atom. The predicted octanol–water partition coefficient (Wildman–Crippen LogP) is 4.19. The van der Waals surface area contributed by atoms with E-state index in [0.717, 1.165) is 29.1 Å². The van der Waals surface area contributed by atoms with Crippen molar-refractivity contribution in [3.8, 4) is 0 Å². The zero-order chi connectivity index (χ0) is 15.8. The van der Waals surface area contributed by atoms with Crippen molar-refractivity contribution in [1.29, 1.82) is 0 Å². The molecule has 1 atom stereocenters. The molecule has 0 amide bonds. The van der Waals surface area contributed by atoms with Crippen LogP contribution >= 0.6 is 11.8 Å². The molecule has 0 aliphatic heterocycles. The first-order chi connectivity index (χ1) is 11.2. The highest BCUT2D eigenvalue weighted by Gasteiger charge is 2.20. The Morgan fingerprint density at radius 3 is 3.00 bits per heavy atom. The van der Waals surface area contributed by atoms with Crippen molar-refractivity contribution in [3.63, 3.8) is 0 Å². The van der Waals surface area contributed by atoms with Crippen LogP contribution in [0.4, 0.5) is 0 Å². The first-order valence-electron chi connectivity index (χ1n) is 7.97. The van der Waals surface area contributed by atoms with Crippen molar-refractivity contribution in [2.24, 2.45) is 0 Å². The van der Waals surface area contributed by atoms with Crippen molar-refractivity contribution < 1.29 is 4.79 Å². The van der Waals surface area contributed by atoms with Gasteiger partial charge < -0.3 is 0 Å². The van der Waals surface area contributed by atoms with Crippen molar-refractivity contribution in [3.05, 3.63) is 65.5 Å². The SMILES string of the molecule is C[C@@H](Sc1ncc2ccccn12)C(=O)c1ccc2c(c1)CCC2. The zero-order valence-electron chi connectivity index (χ0n) is 13.0. The third-order valence-corrected chi connectivity index (χ3v) is 5.52. The lowest BCUT2D eigenvalue weighted by atomic mass is 10.0. The molecule has 0 N–H and O–H groups in total. The van der Waals surface area contributed by atoms with Crippen molar-refractivity contribution in [1.82, 2.24) is 9.38 Å². The third-order valence-electron chi connectivity index (χ3n) is 4.44. The Hall–Kier alpha value is -2.07. The number of carbonyl (C=O) groups excluding carboxylic acids is 1. The molecule has 3 aromatic rings. The maximum absolute atomic E-state index is 12.7. The molecule has 2 aromatic heterocycles. The van der Waals surface area contributed by atoms with Crippen LogP contribution in [0.5, 0.6) is 0 Å². The van der Waals surface area contributed by atoms with E-state index < -0.39 is 0 Å².